The highest BCUT2D eigenvalue weighted by Gasteiger charge is 2.35. The largest absolute Gasteiger partial charge is 0.491 e. The molecule has 1 aliphatic rings. The lowest BCUT2D eigenvalue weighted by Crippen LogP contribution is -2.57. The van der Waals surface area contributed by atoms with Gasteiger partial charge in [0.2, 0.25) is 5.91 Å². The van der Waals surface area contributed by atoms with Crippen LogP contribution in [0.3, 0.4) is 0 Å². The highest BCUT2D eigenvalue weighted by atomic mass is 35.5. The van der Waals surface area contributed by atoms with Gasteiger partial charge in [-0.15, -0.1) is 12.4 Å². The van der Waals surface area contributed by atoms with Crippen molar-refractivity contribution in [3.63, 3.8) is 0 Å². The van der Waals surface area contributed by atoms with Crippen molar-refractivity contribution in [3.8, 4) is 5.75 Å². The molecule has 0 spiro atoms. The maximum atomic E-state index is 12.1. The molecule has 0 atom stereocenters. The topological polar surface area (TPSA) is 73.6 Å². The summed E-state index contributed by atoms with van der Waals surface area (Å²) >= 11 is 0. The SMILES string of the molecule is Cc1ccccc1OCCNC(=O)C1(N)CCOCC1.Cl. The fraction of sp³-hybridized carbons (Fsp3) is 0.533. The van der Waals surface area contributed by atoms with Gasteiger partial charge >= 0.3 is 0 Å². The van der Waals surface area contributed by atoms with Gasteiger partial charge in [0.25, 0.3) is 0 Å². The minimum atomic E-state index is -0.791. The molecule has 0 radical (unpaired) electrons. The normalized spacial score (nSPS) is 16.7. The lowest BCUT2D eigenvalue weighted by molar-refractivity contribution is -0.129. The first kappa shape index (κ1) is 17.8. The third kappa shape index (κ3) is 4.88. The van der Waals surface area contributed by atoms with Crippen LogP contribution in [0.25, 0.3) is 0 Å². The Bertz CT molecular complexity index is 462. The van der Waals surface area contributed by atoms with Crippen molar-refractivity contribution in [3.05, 3.63) is 29.8 Å². The van der Waals surface area contributed by atoms with Crippen molar-refractivity contribution in [2.75, 3.05) is 26.4 Å². The van der Waals surface area contributed by atoms with E-state index in [1.165, 1.54) is 0 Å². The number of benzene rings is 1. The Balaban J connectivity index is 0.00000220. The minimum Gasteiger partial charge on any atom is -0.491 e. The summed E-state index contributed by atoms with van der Waals surface area (Å²) in [6.45, 7) is 3.97. The molecule has 1 saturated heterocycles. The molecule has 5 nitrogen and oxygen atoms in total. The third-order valence-electron chi connectivity index (χ3n) is 3.58. The molecule has 1 aliphatic heterocycles. The first-order valence-corrected chi connectivity index (χ1v) is 6.95. The number of nitrogens with two attached hydrogens (primary N) is 1. The van der Waals surface area contributed by atoms with Crippen LogP contribution in [0.2, 0.25) is 0 Å². The third-order valence-corrected chi connectivity index (χ3v) is 3.58. The van der Waals surface area contributed by atoms with Gasteiger partial charge in [-0.3, -0.25) is 4.79 Å². The molecule has 2 rings (SSSR count). The Morgan fingerprint density at radius 2 is 2.05 bits per heavy atom. The predicted molar refractivity (Wildman–Crippen MR) is 83.9 cm³/mol. The van der Waals surface area contributed by atoms with Gasteiger partial charge in [-0.25, -0.2) is 0 Å². The molecule has 1 amide bonds. The van der Waals surface area contributed by atoms with Crippen LogP contribution in [0.1, 0.15) is 18.4 Å². The van der Waals surface area contributed by atoms with E-state index in [9.17, 15) is 4.79 Å². The zero-order valence-electron chi connectivity index (χ0n) is 12.3. The Morgan fingerprint density at radius 1 is 1.38 bits per heavy atom. The molecule has 1 aromatic carbocycles. The van der Waals surface area contributed by atoms with Gasteiger partial charge in [0, 0.05) is 13.2 Å². The van der Waals surface area contributed by atoms with Gasteiger partial charge in [0.05, 0.1) is 12.1 Å². The molecule has 0 aromatic heterocycles. The number of hydrogen-bond acceptors (Lipinski definition) is 4. The van der Waals surface area contributed by atoms with E-state index in [4.69, 9.17) is 15.2 Å². The average Bonchev–Trinajstić information content (AvgIpc) is 2.46. The van der Waals surface area contributed by atoms with Crippen LogP contribution < -0.4 is 15.8 Å². The van der Waals surface area contributed by atoms with Crippen LogP contribution in [0.15, 0.2) is 24.3 Å². The summed E-state index contributed by atoms with van der Waals surface area (Å²) in [5.74, 6) is 0.726. The number of carbonyl (C=O) groups is 1. The van der Waals surface area contributed by atoms with E-state index in [0.29, 0.717) is 39.2 Å². The lowest BCUT2D eigenvalue weighted by Gasteiger charge is -2.31. The zero-order valence-corrected chi connectivity index (χ0v) is 13.1. The van der Waals surface area contributed by atoms with Crippen molar-refractivity contribution in [2.45, 2.75) is 25.3 Å². The van der Waals surface area contributed by atoms with E-state index in [-0.39, 0.29) is 18.3 Å². The molecular formula is C15H23ClN2O3. The number of amides is 1. The van der Waals surface area contributed by atoms with E-state index < -0.39 is 5.54 Å². The summed E-state index contributed by atoms with van der Waals surface area (Å²) in [6.07, 6.45) is 1.13. The fourth-order valence-corrected chi connectivity index (χ4v) is 2.18. The fourth-order valence-electron chi connectivity index (χ4n) is 2.18. The first-order chi connectivity index (χ1) is 9.62. The van der Waals surface area contributed by atoms with Crippen molar-refractivity contribution in [1.29, 1.82) is 0 Å². The number of aryl methyl sites for hydroxylation is 1. The molecule has 0 aliphatic carbocycles. The van der Waals surface area contributed by atoms with Crippen molar-refractivity contribution in [1.82, 2.24) is 5.32 Å². The smallest absolute Gasteiger partial charge is 0.240 e. The Morgan fingerprint density at radius 3 is 2.71 bits per heavy atom. The Hall–Kier alpha value is -1.30. The van der Waals surface area contributed by atoms with Crippen molar-refractivity contribution < 1.29 is 14.3 Å². The quantitative estimate of drug-likeness (QED) is 0.806. The second-order valence-corrected chi connectivity index (χ2v) is 5.14. The number of nitrogens with one attached hydrogen (secondary N) is 1. The summed E-state index contributed by atoms with van der Waals surface area (Å²) in [5, 5.41) is 2.84. The maximum absolute atomic E-state index is 12.1. The summed E-state index contributed by atoms with van der Waals surface area (Å²) in [7, 11) is 0. The molecule has 1 heterocycles. The molecule has 0 bridgehead atoms. The molecule has 1 fully saturated rings. The lowest BCUT2D eigenvalue weighted by atomic mass is 9.90. The average molecular weight is 315 g/mol. The van der Waals surface area contributed by atoms with E-state index in [1.54, 1.807) is 0 Å². The summed E-state index contributed by atoms with van der Waals surface area (Å²) in [6, 6.07) is 7.80. The number of rotatable bonds is 5. The number of carbonyl (C=O) groups excluding carboxylic acids is 1. The molecular weight excluding hydrogens is 292 g/mol. The summed E-state index contributed by atoms with van der Waals surface area (Å²) in [5.41, 5.74) is 6.38. The molecule has 21 heavy (non-hydrogen) atoms. The molecule has 3 N–H and O–H groups in total. The van der Waals surface area contributed by atoms with Crippen LogP contribution in [-0.4, -0.2) is 37.8 Å². The number of halogens is 1. The van der Waals surface area contributed by atoms with Gasteiger partial charge in [0.1, 0.15) is 12.4 Å². The van der Waals surface area contributed by atoms with Gasteiger partial charge in [0.15, 0.2) is 0 Å². The van der Waals surface area contributed by atoms with Gasteiger partial charge in [-0.2, -0.15) is 0 Å². The summed E-state index contributed by atoms with van der Waals surface area (Å²) < 4.78 is 10.9. The monoisotopic (exact) mass is 314 g/mol. The zero-order chi connectivity index (χ0) is 14.4. The molecule has 6 heteroatoms. The molecule has 0 unspecified atom stereocenters. The van der Waals surface area contributed by atoms with E-state index in [1.807, 2.05) is 31.2 Å². The highest BCUT2D eigenvalue weighted by Crippen LogP contribution is 2.18. The van der Waals surface area contributed by atoms with Gasteiger partial charge in [-0.1, -0.05) is 18.2 Å². The van der Waals surface area contributed by atoms with Crippen LogP contribution in [0.4, 0.5) is 0 Å². The van der Waals surface area contributed by atoms with Crippen molar-refractivity contribution in [2.24, 2.45) is 5.73 Å². The number of hydrogen-bond donors (Lipinski definition) is 2. The van der Waals surface area contributed by atoms with Crippen LogP contribution in [0, 0.1) is 6.92 Å². The molecule has 1 aromatic rings. The first-order valence-electron chi connectivity index (χ1n) is 6.95. The van der Waals surface area contributed by atoms with Crippen LogP contribution in [0.5, 0.6) is 5.75 Å². The number of ether oxygens (including phenoxy) is 2. The Labute approximate surface area is 131 Å². The van der Waals surface area contributed by atoms with Crippen LogP contribution >= 0.6 is 12.4 Å². The predicted octanol–water partition coefficient (Wildman–Crippen LogP) is 1.42. The molecule has 0 saturated carbocycles. The second-order valence-electron chi connectivity index (χ2n) is 5.14. The van der Waals surface area contributed by atoms with Gasteiger partial charge in [-0.05, 0) is 31.4 Å². The minimum absolute atomic E-state index is 0. The van der Waals surface area contributed by atoms with Crippen LogP contribution in [-0.2, 0) is 9.53 Å². The van der Waals surface area contributed by atoms with E-state index >= 15 is 0 Å². The summed E-state index contributed by atoms with van der Waals surface area (Å²) in [4.78, 5) is 12.1. The van der Waals surface area contributed by atoms with E-state index in [0.717, 1.165) is 11.3 Å². The Kier molecular flexibility index (Phi) is 6.95. The maximum Gasteiger partial charge on any atom is 0.240 e. The number of para-hydroxylation sites is 1. The van der Waals surface area contributed by atoms with E-state index in [2.05, 4.69) is 5.32 Å². The second kappa shape index (κ2) is 8.22. The van der Waals surface area contributed by atoms with Crippen molar-refractivity contribution >= 4 is 18.3 Å². The molecule has 118 valence electrons. The van der Waals surface area contributed by atoms with Gasteiger partial charge < -0.3 is 20.5 Å². The standard InChI is InChI=1S/C15H22N2O3.ClH/c1-12-4-2-3-5-13(12)20-11-8-17-14(18)15(16)6-9-19-10-7-15;/h2-5H,6-11,16H2,1H3,(H,17,18);1H. The highest BCUT2D eigenvalue weighted by molar-refractivity contribution is 5.86.